The summed E-state index contributed by atoms with van der Waals surface area (Å²) in [5.41, 5.74) is 2.33. The Kier molecular flexibility index (Phi) is 5.91. The van der Waals surface area contributed by atoms with Gasteiger partial charge in [-0.05, 0) is 84.4 Å². The molecule has 3 fully saturated rings. The predicted molar refractivity (Wildman–Crippen MR) is 132 cm³/mol. The van der Waals surface area contributed by atoms with Crippen LogP contribution in [-0.4, -0.2) is 11.6 Å². The highest BCUT2D eigenvalue weighted by molar-refractivity contribution is 5.85. The van der Waals surface area contributed by atoms with E-state index in [1.165, 1.54) is 25.7 Å². The summed E-state index contributed by atoms with van der Waals surface area (Å²) in [6.45, 7) is 18.7. The van der Waals surface area contributed by atoms with Crippen LogP contribution in [0.4, 0.5) is 0 Å². The van der Waals surface area contributed by atoms with Gasteiger partial charge in [0.05, 0.1) is 0 Å². The second-order valence-electron chi connectivity index (χ2n) is 13.9. The fourth-order valence-electron chi connectivity index (χ4n) is 9.51. The first-order valence-electron chi connectivity index (χ1n) is 13.5. The van der Waals surface area contributed by atoms with Gasteiger partial charge in [-0.2, -0.15) is 0 Å². The van der Waals surface area contributed by atoms with E-state index >= 15 is 0 Å². The number of carbonyl (C=O) groups is 2. The molecule has 0 amide bonds. The maximum Gasteiger partial charge on any atom is 0.138 e. The van der Waals surface area contributed by atoms with Crippen molar-refractivity contribution in [2.24, 2.45) is 51.2 Å². The molecule has 4 rings (SSSR count). The van der Waals surface area contributed by atoms with E-state index in [4.69, 9.17) is 0 Å². The highest BCUT2D eigenvalue weighted by Crippen LogP contribution is 2.73. The van der Waals surface area contributed by atoms with Crippen LogP contribution >= 0.6 is 0 Å². The third-order valence-corrected chi connectivity index (χ3v) is 11.5. The fraction of sp³-hybridized carbons (Fsp3) is 0.867. The topological polar surface area (TPSA) is 34.1 Å². The Balaban J connectivity index is 1.62. The van der Waals surface area contributed by atoms with Gasteiger partial charge in [0.25, 0.3) is 0 Å². The fourth-order valence-corrected chi connectivity index (χ4v) is 9.51. The van der Waals surface area contributed by atoms with Crippen LogP contribution in [0.1, 0.15) is 113 Å². The summed E-state index contributed by atoms with van der Waals surface area (Å²) in [6.07, 6.45) is 12.0. The Labute approximate surface area is 197 Å². The number of hydrogen-bond donors (Lipinski definition) is 0. The van der Waals surface area contributed by atoms with Crippen LogP contribution in [-0.2, 0) is 9.59 Å². The number of rotatable bonds is 5. The first-order chi connectivity index (χ1) is 14.8. The van der Waals surface area contributed by atoms with E-state index in [1.54, 1.807) is 5.57 Å². The summed E-state index contributed by atoms with van der Waals surface area (Å²) in [5, 5.41) is 0. The summed E-state index contributed by atoms with van der Waals surface area (Å²) < 4.78 is 0. The van der Waals surface area contributed by atoms with Gasteiger partial charge in [-0.1, -0.05) is 67.0 Å². The van der Waals surface area contributed by atoms with Gasteiger partial charge in [-0.25, -0.2) is 0 Å². The average Bonchev–Trinajstić information content (AvgIpc) is 2.96. The molecule has 4 aliphatic rings. The Morgan fingerprint density at radius 3 is 2.34 bits per heavy atom. The Hall–Kier alpha value is -0.920. The minimum Gasteiger partial charge on any atom is -0.300 e. The molecular weight excluding hydrogens is 392 g/mol. The van der Waals surface area contributed by atoms with Gasteiger partial charge in [-0.3, -0.25) is 9.59 Å². The lowest BCUT2D eigenvalue weighted by Gasteiger charge is -2.63. The molecule has 32 heavy (non-hydrogen) atoms. The monoisotopic (exact) mass is 440 g/mol. The Morgan fingerprint density at radius 1 is 1.00 bits per heavy atom. The van der Waals surface area contributed by atoms with Gasteiger partial charge in [0.1, 0.15) is 11.6 Å². The zero-order valence-electron chi connectivity index (χ0n) is 22.1. The summed E-state index contributed by atoms with van der Waals surface area (Å²) in [5.74, 6) is 3.61. The van der Waals surface area contributed by atoms with Crippen molar-refractivity contribution in [3.63, 3.8) is 0 Å². The second kappa shape index (κ2) is 7.81. The number of ketones is 2. The van der Waals surface area contributed by atoms with Crippen molar-refractivity contribution in [1.82, 2.24) is 0 Å². The molecule has 0 radical (unpaired) electrons. The van der Waals surface area contributed by atoms with E-state index in [1.807, 2.05) is 0 Å². The highest BCUT2D eigenvalue weighted by atomic mass is 16.1. The number of allylic oxidation sites excluding steroid dienone is 2. The number of Topliss-reactive ketones (excluding diaryl/α,β-unsaturated/α-hetero) is 2. The van der Waals surface area contributed by atoms with Crippen molar-refractivity contribution in [3.05, 3.63) is 11.6 Å². The van der Waals surface area contributed by atoms with Gasteiger partial charge in [0, 0.05) is 24.7 Å². The van der Waals surface area contributed by atoms with Crippen molar-refractivity contribution in [1.29, 1.82) is 0 Å². The molecule has 0 N–H and O–H groups in total. The standard InChI is InChI=1S/C30H48O2/c1-19(2)17-21(31)18-20(3)22-11-15-30(8)24-9-10-25-27(4,5)26(32)13-14-28(25,6)23(24)12-16-29(22,30)7/h9,19-20,22-23,25H,10-18H2,1-8H3/t20-,22-,23-,25+,28-,29-,30+/m1/s1. The first kappa shape index (κ1) is 24.2. The maximum absolute atomic E-state index is 12.8. The molecule has 0 aliphatic heterocycles. The van der Waals surface area contributed by atoms with Crippen molar-refractivity contribution in [3.8, 4) is 0 Å². The summed E-state index contributed by atoms with van der Waals surface area (Å²) in [7, 11) is 0. The van der Waals surface area contributed by atoms with Gasteiger partial charge < -0.3 is 0 Å². The minimum atomic E-state index is -0.194. The van der Waals surface area contributed by atoms with E-state index in [0.717, 1.165) is 32.1 Å². The van der Waals surface area contributed by atoms with E-state index in [-0.39, 0.29) is 21.7 Å². The second-order valence-corrected chi connectivity index (χ2v) is 13.9. The zero-order chi connectivity index (χ0) is 23.7. The number of hydrogen-bond acceptors (Lipinski definition) is 2. The Morgan fingerprint density at radius 2 is 1.69 bits per heavy atom. The van der Waals surface area contributed by atoms with Gasteiger partial charge in [0.2, 0.25) is 0 Å². The highest BCUT2D eigenvalue weighted by Gasteiger charge is 2.65. The average molecular weight is 441 g/mol. The molecule has 7 atom stereocenters. The molecule has 180 valence electrons. The van der Waals surface area contributed by atoms with Crippen LogP contribution in [0, 0.1) is 51.2 Å². The largest absolute Gasteiger partial charge is 0.300 e. The molecule has 0 aromatic carbocycles. The van der Waals surface area contributed by atoms with Crippen LogP contribution < -0.4 is 0 Å². The lowest BCUT2D eigenvalue weighted by Crippen LogP contribution is -2.57. The lowest BCUT2D eigenvalue weighted by molar-refractivity contribution is -0.146. The van der Waals surface area contributed by atoms with E-state index in [0.29, 0.717) is 41.2 Å². The smallest absolute Gasteiger partial charge is 0.138 e. The Bertz CT molecular complexity index is 819. The van der Waals surface area contributed by atoms with E-state index in [9.17, 15) is 9.59 Å². The molecular formula is C30H48O2. The normalized spacial score (nSPS) is 43.8. The quantitative estimate of drug-likeness (QED) is 0.409. The molecule has 0 aromatic rings. The third kappa shape index (κ3) is 3.32. The molecule has 0 spiro atoms. The molecule has 2 heteroatoms. The van der Waals surface area contributed by atoms with Crippen molar-refractivity contribution < 1.29 is 9.59 Å². The van der Waals surface area contributed by atoms with Crippen LogP contribution in [0.5, 0.6) is 0 Å². The molecule has 0 unspecified atom stereocenters. The first-order valence-corrected chi connectivity index (χ1v) is 13.5. The number of carbonyl (C=O) groups excluding carboxylic acids is 2. The predicted octanol–water partition coefficient (Wildman–Crippen LogP) is 7.80. The van der Waals surface area contributed by atoms with E-state index in [2.05, 4.69) is 61.5 Å². The SMILES string of the molecule is CC(C)CC(=O)C[C@@H](C)[C@H]1CC[C@@]2(C)C3=CC[C@H]4C(C)(C)C(=O)CC[C@]4(C)[C@@H]3CC[C@]12C. The maximum atomic E-state index is 12.8. The third-order valence-electron chi connectivity index (χ3n) is 11.5. The van der Waals surface area contributed by atoms with Crippen molar-refractivity contribution in [2.45, 2.75) is 113 Å². The summed E-state index contributed by atoms with van der Waals surface area (Å²) in [4.78, 5) is 25.4. The lowest BCUT2D eigenvalue weighted by atomic mass is 9.41. The summed E-state index contributed by atoms with van der Waals surface area (Å²) >= 11 is 0. The van der Waals surface area contributed by atoms with Crippen LogP contribution in [0.3, 0.4) is 0 Å². The van der Waals surface area contributed by atoms with E-state index < -0.39 is 0 Å². The molecule has 0 saturated heterocycles. The van der Waals surface area contributed by atoms with Gasteiger partial charge in [-0.15, -0.1) is 0 Å². The van der Waals surface area contributed by atoms with Crippen LogP contribution in [0.15, 0.2) is 11.6 Å². The molecule has 0 heterocycles. The molecule has 4 aliphatic carbocycles. The zero-order valence-corrected chi connectivity index (χ0v) is 22.1. The molecule has 0 aromatic heterocycles. The van der Waals surface area contributed by atoms with Crippen molar-refractivity contribution >= 4 is 11.6 Å². The molecule has 0 bridgehead atoms. The van der Waals surface area contributed by atoms with Gasteiger partial charge >= 0.3 is 0 Å². The molecule has 3 saturated carbocycles. The van der Waals surface area contributed by atoms with Gasteiger partial charge in [0.15, 0.2) is 0 Å². The number of fused-ring (bicyclic) bond motifs is 5. The summed E-state index contributed by atoms with van der Waals surface area (Å²) in [6, 6.07) is 0. The van der Waals surface area contributed by atoms with Crippen LogP contribution in [0.2, 0.25) is 0 Å². The van der Waals surface area contributed by atoms with Crippen LogP contribution in [0.25, 0.3) is 0 Å². The van der Waals surface area contributed by atoms with Crippen molar-refractivity contribution in [2.75, 3.05) is 0 Å². The molecule has 2 nitrogen and oxygen atoms in total. The minimum absolute atomic E-state index is 0.194.